The van der Waals surface area contributed by atoms with Gasteiger partial charge in [-0.05, 0) is 42.7 Å². The first-order valence-corrected chi connectivity index (χ1v) is 14.6. The van der Waals surface area contributed by atoms with Crippen LogP contribution in [0.3, 0.4) is 0 Å². The summed E-state index contributed by atoms with van der Waals surface area (Å²) < 4.78 is 85.4. The van der Waals surface area contributed by atoms with Crippen molar-refractivity contribution in [2.45, 2.75) is 43.2 Å². The van der Waals surface area contributed by atoms with Crippen molar-refractivity contribution in [2.24, 2.45) is 0 Å². The van der Waals surface area contributed by atoms with Crippen LogP contribution in [0.5, 0.6) is 5.75 Å². The summed E-state index contributed by atoms with van der Waals surface area (Å²) in [5, 5.41) is 6.58. The van der Waals surface area contributed by atoms with Gasteiger partial charge >= 0.3 is 6.18 Å². The number of rotatable bonds is 7. The van der Waals surface area contributed by atoms with Gasteiger partial charge in [-0.25, -0.2) is 12.8 Å². The maximum atomic E-state index is 14.9. The third-order valence-electron chi connectivity index (χ3n) is 6.80. The Morgan fingerprint density at radius 1 is 1.17 bits per heavy atom. The molecular formula is C28H30F4N4O4S. The SMILES string of the molecule is COc1cc(S(C)(=O)=O)ccc1NCC#Cc1cc2c(N[C@H]3CCN(C(C)=O)C[C@H]3F)cccc2n1CC(F)(F)F. The predicted molar refractivity (Wildman–Crippen MR) is 149 cm³/mol. The van der Waals surface area contributed by atoms with E-state index in [0.717, 1.165) is 10.8 Å². The smallest absolute Gasteiger partial charge is 0.406 e. The monoisotopic (exact) mass is 594 g/mol. The molecule has 0 radical (unpaired) electrons. The summed E-state index contributed by atoms with van der Waals surface area (Å²) >= 11 is 0. The Morgan fingerprint density at radius 2 is 1.93 bits per heavy atom. The Labute approximate surface area is 235 Å². The van der Waals surface area contributed by atoms with Crippen molar-refractivity contribution in [3.63, 3.8) is 0 Å². The van der Waals surface area contributed by atoms with E-state index in [4.69, 9.17) is 4.74 Å². The minimum absolute atomic E-state index is 0.0332. The second kappa shape index (κ2) is 11.9. The summed E-state index contributed by atoms with van der Waals surface area (Å²) in [6.07, 6.45) is -4.42. The van der Waals surface area contributed by atoms with Gasteiger partial charge < -0.3 is 24.8 Å². The molecule has 1 aliphatic heterocycles. The summed E-state index contributed by atoms with van der Waals surface area (Å²) in [7, 11) is -2.05. The maximum absolute atomic E-state index is 14.9. The highest BCUT2D eigenvalue weighted by molar-refractivity contribution is 7.90. The molecule has 2 heterocycles. The number of halogens is 4. The third-order valence-corrected chi connectivity index (χ3v) is 7.91. The lowest BCUT2D eigenvalue weighted by Gasteiger charge is -2.35. The van der Waals surface area contributed by atoms with Crippen molar-refractivity contribution in [3.05, 3.63) is 48.2 Å². The maximum Gasteiger partial charge on any atom is 0.406 e. The summed E-state index contributed by atoms with van der Waals surface area (Å²) in [5.74, 6) is 5.68. The molecular weight excluding hydrogens is 564 g/mol. The number of sulfone groups is 1. The normalized spacial score (nSPS) is 17.6. The highest BCUT2D eigenvalue weighted by Crippen LogP contribution is 2.32. The number of ether oxygens (including phenoxy) is 1. The number of hydrogen-bond donors (Lipinski definition) is 2. The van der Waals surface area contributed by atoms with Crippen LogP contribution in [0.1, 0.15) is 19.0 Å². The molecule has 1 fully saturated rings. The van der Waals surface area contributed by atoms with Gasteiger partial charge in [-0.2, -0.15) is 13.2 Å². The molecule has 0 spiro atoms. The molecule has 0 unspecified atom stereocenters. The van der Waals surface area contributed by atoms with Crippen LogP contribution in [0.25, 0.3) is 10.9 Å². The number of carbonyl (C=O) groups is 1. The first-order valence-electron chi connectivity index (χ1n) is 12.7. The lowest BCUT2D eigenvalue weighted by Crippen LogP contribution is -2.49. The Hall–Kier alpha value is -3.92. The van der Waals surface area contributed by atoms with Crippen LogP contribution in [-0.4, -0.2) is 75.2 Å². The Kier molecular flexibility index (Phi) is 8.72. The van der Waals surface area contributed by atoms with Gasteiger partial charge in [0, 0.05) is 36.9 Å². The number of methoxy groups -OCH3 is 1. The molecule has 1 aromatic heterocycles. The molecule has 0 aliphatic carbocycles. The number of hydrogen-bond acceptors (Lipinski definition) is 6. The Bertz CT molecular complexity index is 1610. The number of benzene rings is 2. The van der Waals surface area contributed by atoms with Gasteiger partial charge in [0.05, 0.1) is 48.0 Å². The van der Waals surface area contributed by atoms with Gasteiger partial charge in [0.2, 0.25) is 5.91 Å². The molecule has 2 atom stereocenters. The van der Waals surface area contributed by atoms with E-state index in [1.807, 2.05) is 0 Å². The number of aromatic nitrogens is 1. The zero-order valence-electron chi connectivity index (χ0n) is 22.7. The molecule has 2 aromatic carbocycles. The van der Waals surface area contributed by atoms with Gasteiger partial charge in [-0.3, -0.25) is 4.79 Å². The molecule has 0 bridgehead atoms. The van der Waals surface area contributed by atoms with Gasteiger partial charge in [-0.15, -0.1) is 0 Å². The number of alkyl halides is 4. The average Bonchev–Trinajstić information content (AvgIpc) is 3.23. The molecule has 41 heavy (non-hydrogen) atoms. The van der Waals surface area contributed by atoms with E-state index in [1.54, 1.807) is 18.2 Å². The largest absolute Gasteiger partial charge is 0.495 e. The zero-order chi connectivity index (χ0) is 29.9. The van der Waals surface area contributed by atoms with E-state index < -0.39 is 34.8 Å². The second-order valence-electron chi connectivity index (χ2n) is 9.78. The van der Waals surface area contributed by atoms with Crippen molar-refractivity contribution in [1.29, 1.82) is 0 Å². The molecule has 3 aromatic rings. The highest BCUT2D eigenvalue weighted by Gasteiger charge is 2.32. The topological polar surface area (TPSA) is 92.7 Å². The average molecular weight is 595 g/mol. The first kappa shape index (κ1) is 30.0. The van der Waals surface area contributed by atoms with Crippen LogP contribution in [0.15, 0.2) is 47.4 Å². The number of nitrogens with zero attached hydrogens (tertiary/aromatic N) is 2. The van der Waals surface area contributed by atoms with Gasteiger partial charge in [0.1, 0.15) is 18.5 Å². The number of carbonyl (C=O) groups excluding carboxylic acids is 1. The molecule has 1 saturated heterocycles. The number of nitrogens with one attached hydrogen (secondary N) is 2. The van der Waals surface area contributed by atoms with Crippen LogP contribution in [0.4, 0.5) is 28.9 Å². The number of anilines is 2. The fourth-order valence-corrected chi connectivity index (χ4v) is 5.38. The van der Waals surface area contributed by atoms with Crippen LogP contribution < -0.4 is 15.4 Å². The van der Waals surface area contributed by atoms with Gasteiger partial charge in [0.15, 0.2) is 9.84 Å². The number of amides is 1. The van der Waals surface area contributed by atoms with E-state index in [0.29, 0.717) is 35.2 Å². The predicted octanol–water partition coefficient (Wildman–Crippen LogP) is 4.45. The second-order valence-corrected chi connectivity index (χ2v) is 11.8. The minimum atomic E-state index is -4.51. The standard InChI is InChI=1S/C28H30F4N4O4S/c1-18(37)35-13-11-24(22(29)16-35)34-23-7-4-8-26-21(23)14-19(36(26)17-28(30,31)32)6-5-12-33-25-10-9-20(41(3,38)39)15-27(25)40-2/h4,7-10,14-15,22,24,33-34H,11-13,16-17H2,1-3H3/t22-,24+/m1/s1. The lowest BCUT2D eigenvalue weighted by molar-refractivity contribution is -0.140. The van der Waals surface area contributed by atoms with Crippen molar-refractivity contribution in [1.82, 2.24) is 9.47 Å². The molecule has 220 valence electrons. The number of likely N-dealkylation sites (tertiary alicyclic amines) is 1. The number of fused-ring (bicyclic) bond motifs is 1. The Balaban J connectivity index is 1.59. The van der Waals surface area contributed by atoms with Crippen LogP contribution >= 0.6 is 0 Å². The van der Waals surface area contributed by atoms with Crippen LogP contribution in [0.2, 0.25) is 0 Å². The highest BCUT2D eigenvalue weighted by atomic mass is 32.2. The van der Waals surface area contributed by atoms with Crippen LogP contribution in [-0.2, 0) is 21.2 Å². The van der Waals surface area contributed by atoms with Crippen molar-refractivity contribution >= 4 is 38.0 Å². The van der Waals surface area contributed by atoms with Crippen molar-refractivity contribution in [2.75, 3.05) is 43.6 Å². The summed E-state index contributed by atoms with van der Waals surface area (Å²) in [6, 6.07) is 10.1. The summed E-state index contributed by atoms with van der Waals surface area (Å²) in [5.41, 5.74) is 1.35. The number of piperidine rings is 1. The quantitative estimate of drug-likeness (QED) is 0.310. The van der Waals surface area contributed by atoms with E-state index in [1.165, 1.54) is 43.2 Å². The lowest BCUT2D eigenvalue weighted by atomic mass is 10.0. The molecule has 8 nitrogen and oxygen atoms in total. The summed E-state index contributed by atoms with van der Waals surface area (Å²) in [6.45, 7) is 0.480. The molecule has 4 rings (SSSR count). The minimum Gasteiger partial charge on any atom is -0.495 e. The van der Waals surface area contributed by atoms with Gasteiger partial charge in [-0.1, -0.05) is 12.0 Å². The van der Waals surface area contributed by atoms with E-state index in [2.05, 4.69) is 22.5 Å². The van der Waals surface area contributed by atoms with Gasteiger partial charge in [0.25, 0.3) is 0 Å². The summed E-state index contributed by atoms with van der Waals surface area (Å²) in [4.78, 5) is 13.1. The van der Waals surface area contributed by atoms with E-state index >= 15 is 0 Å². The zero-order valence-corrected chi connectivity index (χ0v) is 23.5. The van der Waals surface area contributed by atoms with E-state index in [9.17, 15) is 30.8 Å². The molecule has 0 saturated carbocycles. The van der Waals surface area contributed by atoms with Crippen LogP contribution in [0, 0.1) is 11.8 Å². The first-order chi connectivity index (χ1) is 19.3. The molecule has 1 aliphatic rings. The fraction of sp³-hybridized carbons (Fsp3) is 0.393. The molecule has 13 heteroatoms. The van der Waals surface area contributed by atoms with Crippen molar-refractivity contribution in [3.8, 4) is 17.6 Å². The molecule has 2 N–H and O–H groups in total. The fourth-order valence-electron chi connectivity index (χ4n) is 4.74. The third kappa shape index (κ3) is 7.24. The van der Waals surface area contributed by atoms with Crippen molar-refractivity contribution < 1.29 is 35.5 Å². The van der Waals surface area contributed by atoms with E-state index in [-0.39, 0.29) is 35.3 Å². The Morgan fingerprint density at radius 3 is 2.56 bits per heavy atom. The molecule has 1 amide bonds.